The molecule has 30 heavy (non-hydrogen) atoms. The highest BCUT2D eigenvalue weighted by Gasteiger charge is 2.22. The molecule has 2 aromatic rings. The van der Waals surface area contributed by atoms with Gasteiger partial charge in [0, 0.05) is 11.6 Å². The van der Waals surface area contributed by atoms with Crippen molar-refractivity contribution in [2.75, 3.05) is 23.3 Å². The summed E-state index contributed by atoms with van der Waals surface area (Å²) in [6.07, 6.45) is 1.01. The van der Waals surface area contributed by atoms with Crippen molar-refractivity contribution in [1.29, 1.82) is 0 Å². The summed E-state index contributed by atoms with van der Waals surface area (Å²) in [5, 5.41) is 12.9. The van der Waals surface area contributed by atoms with Crippen LogP contribution >= 0.6 is 11.6 Å². The summed E-state index contributed by atoms with van der Waals surface area (Å²) in [6.45, 7) is 2.55. The van der Waals surface area contributed by atoms with Gasteiger partial charge in [-0.3, -0.25) is 9.52 Å². The second-order valence-corrected chi connectivity index (χ2v) is 9.01. The lowest BCUT2D eigenvalue weighted by Crippen LogP contribution is -2.30. The molecule has 2 unspecified atom stereocenters. The lowest BCUT2D eigenvalue weighted by molar-refractivity contribution is -0.128. The first-order valence-corrected chi connectivity index (χ1v) is 11.3. The second-order valence-electron chi connectivity index (χ2n) is 6.89. The van der Waals surface area contributed by atoms with E-state index in [0.717, 1.165) is 12.8 Å². The van der Waals surface area contributed by atoms with Crippen LogP contribution in [0.5, 0.6) is 5.75 Å². The fourth-order valence-electron chi connectivity index (χ4n) is 2.89. The minimum atomic E-state index is -3.97. The predicted octanol–water partition coefficient (Wildman–Crippen LogP) is 3.37. The van der Waals surface area contributed by atoms with Crippen LogP contribution < -0.4 is 10.0 Å². The van der Waals surface area contributed by atoms with Gasteiger partial charge in [-0.25, -0.2) is 8.42 Å². The molecule has 3 rings (SSSR count). The molecule has 0 aromatic heterocycles. The number of nitrogens with one attached hydrogen (secondary N) is 2. The molecule has 0 bridgehead atoms. The molecule has 1 aliphatic heterocycles. The molecule has 1 heterocycles. The number of anilines is 2. The first-order chi connectivity index (χ1) is 14.2. The molecule has 0 saturated carbocycles. The second kappa shape index (κ2) is 9.65. The van der Waals surface area contributed by atoms with Gasteiger partial charge in [0.2, 0.25) is 0 Å². The highest BCUT2D eigenvalue weighted by atomic mass is 35.5. The number of benzene rings is 2. The number of amides is 1. The maximum Gasteiger partial charge on any atom is 0.261 e. The van der Waals surface area contributed by atoms with Crippen LogP contribution in [0.15, 0.2) is 47.4 Å². The molecule has 3 N–H and O–H groups in total. The summed E-state index contributed by atoms with van der Waals surface area (Å²) in [7, 11) is -3.97. The highest BCUT2D eigenvalue weighted by molar-refractivity contribution is 7.92. The number of phenols is 1. The van der Waals surface area contributed by atoms with Gasteiger partial charge in [0.05, 0.1) is 29.0 Å². The highest BCUT2D eigenvalue weighted by Crippen LogP contribution is 2.28. The number of rotatable bonds is 8. The van der Waals surface area contributed by atoms with Crippen LogP contribution in [0.2, 0.25) is 5.02 Å². The topological polar surface area (TPSA) is 114 Å². The first kappa shape index (κ1) is 22.4. The molecule has 2 aromatic carbocycles. The summed E-state index contributed by atoms with van der Waals surface area (Å²) in [5.41, 5.74) is 0.249. The van der Waals surface area contributed by atoms with Gasteiger partial charge in [0.25, 0.3) is 15.9 Å². The average Bonchev–Trinajstić information content (AvgIpc) is 3.21. The fourth-order valence-corrected chi connectivity index (χ4v) is 4.15. The molecule has 1 aliphatic rings. The fraction of sp³-hybridized carbons (Fsp3) is 0.350. The van der Waals surface area contributed by atoms with Crippen molar-refractivity contribution in [2.24, 2.45) is 0 Å². The van der Waals surface area contributed by atoms with Gasteiger partial charge in [-0.05, 0) is 56.2 Å². The molecule has 1 amide bonds. The van der Waals surface area contributed by atoms with Crippen LogP contribution in [0.4, 0.5) is 11.4 Å². The Balaban J connectivity index is 1.68. The molecule has 10 heteroatoms. The molecular weight excluding hydrogens is 432 g/mol. The molecule has 1 saturated heterocycles. The zero-order valence-electron chi connectivity index (χ0n) is 16.3. The van der Waals surface area contributed by atoms with Crippen molar-refractivity contribution >= 4 is 38.9 Å². The third-order valence-electron chi connectivity index (χ3n) is 4.54. The molecule has 8 nitrogen and oxygen atoms in total. The van der Waals surface area contributed by atoms with Gasteiger partial charge in [0.15, 0.2) is 0 Å². The standard InChI is InChI=1S/C20H23ClN2O6S/c1-13(29-12-16-6-3-9-28-16)20(25)22-18-11-17(7-8-19(18)24)30(26,27)23-15-5-2-4-14(21)10-15/h2,4-5,7-8,10-11,13,16,23-24H,3,6,9,12H2,1H3,(H,22,25). The molecule has 1 fully saturated rings. The summed E-state index contributed by atoms with van der Waals surface area (Å²) >= 11 is 5.88. The minimum Gasteiger partial charge on any atom is -0.506 e. The number of phenolic OH excluding ortho intramolecular Hbond substituents is 1. The lowest BCUT2D eigenvalue weighted by Gasteiger charge is -2.17. The van der Waals surface area contributed by atoms with E-state index >= 15 is 0 Å². The number of halogens is 1. The Bertz CT molecular complexity index is 1010. The summed E-state index contributed by atoms with van der Waals surface area (Å²) in [5.74, 6) is -0.781. The van der Waals surface area contributed by atoms with Crippen LogP contribution in [-0.4, -0.2) is 44.9 Å². The van der Waals surface area contributed by atoms with Gasteiger partial charge in [-0.15, -0.1) is 0 Å². The molecule has 0 aliphatic carbocycles. The van der Waals surface area contributed by atoms with Crippen molar-refractivity contribution in [1.82, 2.24) is 0 Å². The average molecular weight is 455 g/mol. The maximum absolute atomic E-state index is 12.7. The van der Waals surface area contributed by atoms with Crippen LogP contribution in [0.1, 0.15) is 19.8 Å². The number of hydrogen-bond donors (Lipinski definition) is 3. The van der Waals surface area contributed by atoms with Crippen molar-refractivity contribution < 1.29 is 27.8 Å². The third kappa shape index (κ3) is 5.85. The van der Waals surface area contributed by atoms with E-state index in [4.69, 9.17) is 21.1 Å². The number of sulfonamides is 1. The van der Waals surface area contributed by atoms with Crippen molar-refractivity contribution in [3.63, 3.8) is 0 Å². The number of carbonyl (C=O) groups is 1. The van der Waals surface area contributed by atoms with E-state index in [1.54, 1.807) is 25.1 Å². The van der Waals surface area contributed by atoms with E-state index in [1.807, 2.05) is 0 Å². The molecular formula is C20H23ClN2O6S. The minimum absolute atomic E-state index is 0.0281. The van der Waals surface area contributed by atoms with E-state index < -0.39 is 22.0 Å². The summed E-state index contributed by atoms with van der Waals surface area (Å²) in [4.78, 5) is 12.3. The molecule has 2 atom stereocenters. The quantitative estimate of drug-likeness (QED) is 0.527. The summed E-state index contributed by atoms with van der Waals surface area (Å²) in [6, 6.07) is 9.85. The van der Waals surface area contributed by atoms with Crippen molar-refractivity contribution in [3.05, 3.63) is 47.5 Å². The van der Waals surface area contributed by atoms with Gasteiger partial charge in [-0.1, -0.05) is 17.7 Å². The van der Waals surface area contributed by atoms with Crippen LogP contribution in [0, 0.1) is 0 Å². The van der Waals surface area contributed by atoms with Crippen molar-refractivity contribution in [3.8, 4) is 5.75 Å². The van der Waals surface area contributed by atoms with E-state index in [0.29, 0.717) is 18.2 Å². The Kier molecular flexibility index (Phi) is 7.19. The number of hydrogen-bond acceptors (Lipinski definition) is 6. The monoisotopic (exact) mass is 454 g/mol. The lowest BCUT2D eigenvalue weighted by atomic mass is 10.2. The van der Waals surface area contributed by atoms with E-state index in [-0.39, 0.29) is 28.1 Å². The SMILES string of the molecule is CC(OCC1CCCO1)C(=O)Nc1cc(S(=O)(=O)Nc2cccc(Cl)c2)ccc1O. The molecule has 0 radical (unpaired) electrons. The smallest absolute Gasteiger partial charge is 0.261 e. The van der Waals surface area contributed by atoms with Gasteiger partial charge >= 0.3 is 0 Å². The molecule has 0 spiro atoms. The number of ether oxygens (including phenoxy) is 2. The Labute approximate surface area is 180 Å². The van der Waals surface area contributed by atoms with Crippen LogP contribution in [0.25, 0.3) is 0 Å². The van der Waals surface area contributed by atoms with E-state index in [1.165, 1.54) is 24.3 Å². The van der Waals surface area contributed by atoms with Crippen LogP contribution in [-0.2, 0) is 24.3 Å². The Morgan fingerprint density at radius 2 is 2.13 bits per heavy atom. The maximum atomic E-state index is 12.7. The normalized spacial score (nSPS) is 17.5. The third-order valence-corrected chi connectivity index (χ3v) is 6.15. The van der Waals surface area contributed by atoms with E-state index in [9.17, 15) is 18.3 Å². The van der Waals surface area contributed by atoms with Gasteiger partial charge in [0.1, 0.15) is 11.9 Å². The number of carbonyl (C=O) groups excluding carboxylic acids is 1. The van der Waals surface area contributed by atoms with Crippen molar-refractivity contribution in [2.45, 2.75) is 36.9 Å². The zero-order valence-corrected chi connectivity index (χ0v) is 17.9. The summed E-state index contributed by atoms with van der Waals surface area (Å²) < 4.78 is 38.7. The Morgan fingerprint density at radius 1 is 1.33 bits per heavy atom. The zero-order chi connectivity index (χ0) is 21.7. The predicted molar refractivity (Wildman–Crippen MR) is 113 cm³/mol. The van der Waals surface area contributed by atoms with E-state index in [2.05, 4.69) is 10.0 Å². The first-order valence-electron chi connectivity index (χ1n) is 9.40. The Hall–Kier alpha value is -2.33. The van der Waals surface area contributed by atoms with Gasteiger partial charge < -0.3 is 19.9 Å². The van der Waals surface area contributed by atoms with Gasteiger partial charge in [-0.2, -0.15) is 0 Å². The Morgan fingerprint density at radius 3 is 2.83 bits per heavy atom. The largest absolute Gasteiger partial charge is 0.506 e. The van der Waals surface area contributed by atoms with Crippen LogP contribution in [0.3, 0.4) is 0 Å². The number of aromatic hydroxyl groups is 1. The molecule has 162 valence electrons.